The number of aliphatic carboxylic acids is 1. The summed E-state index contributed by atoms with van der Waals surface area (Å²) in [5.74, 6) is -1.12. The zero-order chi connectivity index (χ0) is 9.78. The summed E-state index contributed by atoms with van der Waals surface area (Å²) in [5.41, 5.74) is 2.32. The minimum Gasteiger partial charge on any atom is -0.480 e. The first-order valence-corrected chi connectivity index (χ1v) is 7.05. The first-order chi connectivity index (χ1) is 5.37. The van der Waals surface area contributed by atoms with Crippen LogP contribution < -0.4 is 5.48 Å². The Labute approximate surface area is 72.4 Å². The molecule has 0 unspecified atom stereocenters. The Hall–Kier alpha value is -0.433. The second-order valence-electron chi connectivity index (χ2n) is 3.41. The number of hydrogen-bond donors (Lipinski definition) is 3. The van der Waals surface area contributed by atoms with E-state index in [1.54, 1.807) is 0 Å². The van der Waals surface area contributed by atoms with Crippen molar-refractivity contribution >= 4 is 14.3 Å². The molecule has 0 rings (SSSR count). The molecule has 0 aliphatic heterocycles. The average Bonchev–Trinajstić information content (AvgIpc) is 1.85. The minimum absolute atomic E-state index is 0.472. The molecule has 0 saturated heterocycles. The van der Waals surface area contributed by atoms with Crippen molar-refractivity contribution in [3.05, 3.63) is 0 Å². The SMILES string of the molecule is C[Si](C)(C)ON[C@@H](CO)C(=O)O. The van der Waals surface area contributed by atoms with Crippen LogP contribution in [0, 0.1) is 0 Å². The number of carbonyl (C=O) groups is 1. The van der Waals surface area contributed by atoms with Crippen LogP contribution in [0.15, 0.2) is 0 Å². The molecule has 3 N–H and O–H groups in total. The highest BCUT2D eigenvalue weighted by Crippen LogP contribution is 2.00. The monoisotopic (exact) mass is 193 g/mol. The van der Waals surface area contributed by atoms with E-state index in [9.17, 15) is 4.79 Å². The molecule has 6 heteroatoms. The number of nitrogens with one attached hydrogen (secondary N) is 1. The summed E-state index contributed by atoms with van der Waals surface area (Å²) in [6.07, 6.45) is 0. The lowest BCUT2D eigenvalue weighted by molar-refractivity contribution is -0.143. The van der Waals surface area contributed by atoms with Gasteiger partial charge in [-0.3, -0.25) is 4.79 Å². The number of hydroxylamine groups is 1. The summed E-state index contributed by atoms with van der Waals surface area (Å²) < 4.78 is 5.09. The number of carboxylic acids is 1. The molecule has 0 bridgehead atoms. The highest BCUT2D eigenvalue weighted by atomic mass is 28.4. The van der Waals surface area contributed by atoms with Crippen molar-refractivity contribution in [2.45, 2.75) is 25.7 Å². The molecule has 0 aromatic rings. The second kappa shape index (κ2) is 4.56. The third-order valence-electron chi connectivity index (χ3n) is 0.988. The van der Waals surface area contributed by atoms with Gasteiger partial charge in [0.25, 0.3) is 0 Å². The normalized spacial score (nSPS) is 14.3. The van der Waals surface area contributed by atoms with Gasteiger partial charge >= 0.3 is 5.97 Å². The third-order valence-corrected chi connectivity index (χ3v) is 1.72. The van der Waals surface area contributed by atoms with E-state index < -0.39 is 26.9 Å². The van der Waals surface area contributed by atoms with Crippen molar-refractivity contribution in [3.8, 4) is 0 Å². The quantitative estimate of drug-likeness (QED) is 0.416. The van der Waals surface area contributed by atoms with Crippen LogP contribution in [-0.4, -0.2) is 37.1 Å². The number of rotatable bonds is 5. The molecule has 0 spiro atoms. The van der Waals surface area contributed by atoms with Gasteiger partial charge in [0.2, 0.25) is 8.32 Å². The summed E-state index contributed by atoms with van der Waals surface area (Å²) in [5, 5.41) is 17.1. The predicted molar refractivity (Wildman–Crippen MR) is 46.1 cm³/mol. The summed E-state index contributed by atoms with van der Waals surface area (Å²) in [6.45, 7) is 5.27. The molecule has 5 nitrogen and oxygen atoms in total. The Bertz CT molecular complexity index is 156. The van der Waals surface area contributed by atoms with Crippen LogP contribution in [0.3, 0.4) is 0 Å². The molecule has 0 amide bonds. The van der Waals surface area contributed by atoms with Crippen LogP contribution >= 0.6 is 0 Å². The maximum Gasteiger partial charge on any atom is 0.325 e. The first-order valence-electron chi connectivity index (χ1n) is 3.64. The van der Waals surface area contributed by atoms with Crippen LogP contribution in [-0.2, 0) is 9.32 Å². The fraction of sp³-hybridized carbons (Fsp3) is 0.833. The fourth-order valence-electron chi connectivity index (χ4n) is 0.414. The number of aliphatic hydroxyl groups excluding tert-OH is 1. The smallest absolute Gasteiger partial charge is 0.325 e. The highest BCUT2D eigenvalue weighted by Gasteiger charge is 2.21. The Morgan fingerprint density at radius 2 is 2.08 bits per heavy atom. The number of aliphatic hydroxyl groups is 1. The molecule has 0 heterocycles. The van der Waals surface area contributed by atoms with E-state index in [-0.39, 0.29) is 0 Å². The van der Waals surface area contributed by atoms with Gasteiger partial charge in [-0.1, -0.05) is 0 Å². The number of hydrogen-bond acceptors (Lipinski definition) is 4. The van der Waals surface area contributed by atoms with Gasteiger partial charge < -0.3 is 14.7 Å². The zero-order valence-electron chi connectivity index (χ0n) is 7.50. The van der Waals surface area contributed by atoms with Crippen LogP contribution in [0.5, 0.6) is 0 Å². The molecule has 0 fully saturated rings. The molecule has 0 saturated carbocycles. The van der Waals surface area contributed by atoms with Gasteiger partial charge in [-0.15, -0.1) is 0 Å². The number of carboxylic acid groups (broad SMARTS) is 1. The lowest BCUT2D eigenvalue weighted by atomic mass is 10.3. The molecule has 0 aliphatic rings. The summed E-state index contributed by atoms with van der Waals surface area (Å²) in [6, 6.07) is -1.03. The van der Waals surface area contributed by atoms with Crippen molar-refractivity contribution in [2.75, 3.05) is 6.61 Å². The van der Waals surface area contributed by atoms with E-state index in [2.05, 4.69) is 5.48 Å². The van der Waals surface area contributed by atoms with Gasteiger partial charge in [-0.2, -0.15) is 5.48 Å². The van der Waals surface area contributed by atoms with Gasteiger partial charge in [0.05, 0.1) is 6.61 Å². The maximum absolute atomic E-state index is 10.4. The molecule has 72 valence electrons. The van der Waals surface area contributed by atoms with E-state index in [0.717, 1.165) is 0 Å². The topological polar surface area (TPSA) is 78.8 Å². The van der Waals surface area contributed by atoms with Crippen molar-refractivity contribution < 1.29 is 19.5 Å². The standard InChI is InChI=1S/C6H15NO4Si/c1-12(2,3)11-7-5(4-8)6(9)10/h5,7-8H,4H2,1-3H3,(H,9,10)/t5-/m0/s1. The van der Waals surface area contributed by atoms with E-state index in [4.69, 9.17) is 14.7 Å². The molecule has 0 aromatic carbocycles. The van der Waals surface area contributed by atoms with Crippen molar-refractivity contribution in [3.63, 3.8) is 0 Å². The average molecular weight is 193 g/mol. The van der Waals surface area contributed by atoms with Gasteiger partial charge in [0.1, 0.15) is 0 Å². The van der Waals surface area contributed by atoms with Gasteiger partial charge in [-0.05, 0) is 19.6 Å². The maximum atomic E-state index is 10.4. The molecule has 0 radical (unpaired) electrons. The third kappa shape index (κ3) is 5.25. The minimum atomic E-state index is -1.77. The first kappa shape index (κ1) is 11.6. The molecular formula is C6H15NO4Si. The predicted octanol–water partition coefficient (Wildman–Crippen LogP) is -0.212. The molecule has 1 atom stereocenters. The van der Waals surface area contributed by atoms with Crippen molar-refractivity contribution in [2.24, 2.45) is 0 Å². The van der Waals surface area contributed by atoms with E-state index >= 15 is 0 Å². The fourth-order valence-corrected chi connectivity index (χ4v) is 0.909. The van der Waals surface area contributed by atoms with Crippen molar-refractivity contribution in [1.29, 1.82) is 0 Å². The van der Waals surface area contributed by atoms with E-state index in [0.29, 0.717) is 0 Å². The lowest BCUT2D eigenvalue weighted by Crippen LogP contribution is -2.45. The van der Waals surface area contributed by atoms with Crippen LogP contribution in [0.2, 0.25) is 19.6 Å². The van der Waals surface area contributed by atoms with Crippen LogP contribution in [0.1, 0.15) is 0 Å². The summed E-state index contributed by atoms with van der Waals surface area (Å²) in [4.78, 5) is 10.4. The summed E-state index contributed by atoms with van der Waals surface area (Å²) in [7, 11) is -1.77. The Kier molecular flexibility index (Phi) is 4.39. The van der Waals surface area contributed by atoms with Gasteiger partial charge in [0, 0.05) is 0 Å². The van der Waals surface area contributed by atoms with E-state index in [1.165, 1.54) is 0 Å². The lowest BCUT2D eigenvalue weighted by Gasteiger charge is -2.20. The highest BCUT2D eigenvalue weighted by molar-refractivity contribution is 6.69. The molecule has 0 aromatic heterocycles. The Balaban J connectivity index is 3.81. The molecule has 0 aliphatic carbocycles. The van der Waals surface area contributed by atoms with Crippen molar-refractivity contribution in [1.82, 2.24) is 5.48 Å². The Morgan fingerprint density at radius 1 is 1.58 bits per heavy atom. The molecular weight excluding hydrogens is 178 g/mol. The molecule has 12 heavy (non-hydrogen) atoms. The largest absolute Gasteiger partial charge is 0.480 e. The van der Waals surface area contributed by atoms with Crippen LogP contribution in [0.25, 0.3) is 0 Å². The zero-order valence-corrected chi connectivity index (χ0v) is 8.50. The van der Waals surface area contributed by atoms with Crippen LogP contribution in [0.4, 0.5) is 0 Å². The summed E-state index contributed by atoms with van der Waals surface area (Å²) >= 11 is 0. The van der Waals surface area contributed by atoms with Gasteiger partial charge in [-0.25, -0.2) is 0 Å². The Morgan fingerprint density at radius 3 is 2.33 bits per heavy atom. The van der Waals surface area contributed by atoms with E-state index in [1.807, 2.05) is 19.6 Å². The van der Waals surface area contributed by atoms with Gasteiger partial charge in [0.15, 0.2) is 6.04 Å². The second-order valence-corrected chi connectivity index (χ2v) is 7.83.